The van der Waals surface area contributed by atoms with Crippen LogP contribution in [-0.4, -0.2) is 13.7 Å². The van der Waals surface area contributed by atoms with Crippen LogP contribution in [-0.2, 0) is 4.74 Å². The third-order valence-corrected chi connectivity index (χ3v) is 1.13. The molecule has 0 aromatic heterocycles. The van der Waals surface area contributed by atoms with E-state index in [1.807, 2.05) is 6.92 Å². The van der Waals surface area contributed by atoms with E-state index in [2.05, 4.69) is 26.0 Å². The molecule has 0 aromatic carbocycles. The molecule has 0 fully saturated rings. The normalized spacial score (nSPS) is 12.9. The zero-order valence-electron chi connectivity index (χ0n) is 6.77. The fourth-order valence-corrected chi connectivity index (χ4v) is 0.871. The van der Waals surface area contributed by atoms with Crippen LogP contribution in [0.2, 0.25) is 0 Å². The number of rotatable bonds is 3. The van der Waals surface area contributed by atoms with Gasteiger partial charge in [-0.25, -0.2) is 0 Å². The summed E-state index contributed by atoms with van der Waals surface area (Å²) < 4.78 is 5.01. The maximum Gasteiger partial charge on any atom is 0.0547 e. The Labute approximate surface area is 57.7 Å². The molecule has 0 saturated carbocycles. The van der Waals surface area contributed by atoms with E-state index in [4.69, 9.17) is 4.74 Å². The highest BCUT2D eigenvalue weighted by Gasteiger charge is 2.11. The Kier molecular flexibility index (Phi) is 3.55. The molecular formula is C8H16O. The Morgan fingerprint density at radius 3 is 2.33 bits per heavy atom. The van der Waals surface area contributed by atoms with Gasteiger partial charge in [-0.05, 0) is 6.92 Å². The quantitative estimate of drug-likeness (QED) is 0.530. The van der Waals surface area contributed by atoms with Crippen LogP contribution in [0.3, 0.4) is 0 Å². The highest BCUT2D eigenvalue weighted by atomic mass is 16.5. The van der Waals surface area contributed by atoms with Crippen molar-refractivity contribution in [1.82, 2.24) is 0 Å². The van der Waals surface area contributed by atoms with E-state index < -0.39 is 0 Å². The monoisotopic (exact) mass is 128 g/mol. The van der Waals surface area contributed by atoms with E-state index in [0.29, 0.717) is 0 Å². The third kappa shape index (κ3) is 4.22. The highest BCUT2D eigenvalue weighted by Crippen LogP contribution is 2.16. The Balaban J connectivity index is 3.70. The molecule has 0 amide bonds. The third-order valence-electron chi connectivity index (χ3n) is 1.13. The second-order valence-electron chi connectivity index (χ2n) is 2.92. The lowest BCUT2D eigenvalue weighted by Gasteiger charge is -2.17. The minimum absolute atomic E-state index is 0.198. The molecule has 54 valence electrons. The van der Waals surface area contributed by atoms with E-state index in [0.717, 1.165) is 6.61 Å². The SMILES string of the molecule is C/C=C/C(C)(C)COC. The molecule has 9 heavy (non-hydrogen) atoms. The average Bonchev–Trinajstić information content (AvgIpc) is 1.64. The van der Waals surface area contributed by atoms with Gasteiger partial charge in [0.15, 0.2) is 0 Å². The lowest BCUT2D eigenvalue weighted by Crippen LogP contribution is -2.14. The Hall–Kier alpha value is -0.300. The largest absolute Gasteiger partial charge is 0.384 e. The zero-order valence-corrected chi connectivity index (χ0v) is 6.77. The van der Waals surface area contributed by atoms with E-state index in [9.17, 15) is 0 Å². The smallest absolute Gasteiger partial charge is 0.0547 e. The fraction of sp³-hybridized carbons (Fsp3) is 0.750. The topological polar surface area (TPSA) is 9.23 Å². The number of allylic oxidation sites excluding steroid dienone is 1. The van der Waals surface area contributed by atoms with Gasteiger partial charge in [0.05, 0.1) is 6.61 Å². The molecule has 0 aliphatic carbocycles. The molecule has 0 saturated heterocycles. The Morgan fingerprint density at radius 1 is 1.44 bits per heavy atom. The lowest BCUT2D eigenvalue weighted by molar-refractivity contribution is 0.132. The molecule has 0 aliphatic rings. The molecule has 0 bridgehead atoms. The second-order valence-corrected chi connectivity index (χ2v) is 2.92. The van der Waals surface area contributed by atoms with Crippen molar-refractivity contribution in [2.75, 3.05) is 13.7 Å². The van der Waals surface area contributed by atoms with Crippen LogP contribution in [0.5, 0.6) is 0 Å². The minimum Gasteiger partial charge on any atom is -0.384 e. The van der Waals surface area contributed by atoms with Crippen molar-refractivity contribution in [1.29, 1.82) is 0 Å². The van der Waals surface area contributed by atoms with Gasteiger partial charge in [-0.2, -0.15) is 0 Å². The molecule has 1 nitrogen and oxygen atoms in total. The Bertz CT molecular complexity index is 92.7. The predicted molar refractivity (Wildman–Crippen MR) is 40.5 cm³/mol. The molecular weight excluding hydrogens is 112 g/mol. The predicted octanol–water partition coefficient (Wildman–Crippen LogP) is 2.24. The van der Waals surface area contributed by atoms with Gasteiger partial charge in [0.2, 0.25) is 0 Å². The van der Waals surface area contributed by atoms with Crippen molar-refractivity contribution in [3.63, 3.8) is 0 Å². The van der Waals surface area contributed by atoms with Gasteiger partial charge < -0.3 is 4.74 Å². The van der Waals surface area contributed by atoms with Crippen LogP contribution in [0.4, 0.5) is 0 Å². The Morgan fingerprint density at radius 2 is 2.00 bits per heavy atom. The molecule has 0 atom stereocenters. The first kappa shape index (κ1) is 8.70. The highest BCUT2D eigenvalue weighted by molar-refractivity contribution is 4.92. The summed E-state index contributed by atoms with van der Waals surface area (Å²) >= 11 is 0. The van der Waals surface area contributed by atoms with Gasteiger partial charge in [0.1, 0.15) is 0 Å². The zero-order chi connectivity index (χ0) is 7.33. The summed E-state index contributed by atoms with van der Waals surface area (Å²) in [6.07, 6.45) is 4.20. The average molecular weight is 128 g/mol. The summed E-state index contributed by atoms with van der Waals surface area (Å²) in [6.45, 7) is 7.11. The standard InChI is InChI=1S/C8H16O/c1-5-6-8(2,3)7-9-4/h5-6H,7H2,1-4H3/b6-5+. The van der Waals surface area contributed by atoms with Gasteiger partial charge in [-0.1, -0.05) is 26.0 Å². The van der Waals surface area contributed by atoms with Crippen molar-refractivity contribution >= 4 is 0 Å². The van der Waals surface area contributed by atoms with E-state index >= 15 is 0 Å². The first-order valence-corrected chi connectivity index (χ1v) is 3.25. The molecule has 0 unspecified atom stereocenters. The van der Waals surface area contributed by atoms with Crippen LogP contribution in [0.25, 0.3) is 0 Å². The first-order chi connectivity index (χ1) is 4.12. The van der Waals surface area contributed by atoms with Gasteiger partial charge in [0.25, 0.3) is 0 Å². The second kappa shape index (κ2) is 3.67. The minimum atomic E-state index is 0.198. The van der Waals surface area contributed by atoms with Crippen LogP contribution in [0.1, 0.15) is 20.8 Å². The maximum atomic E-state index is 5.01. The number of hydrogen-bond acceptors (Lipinski definition) is 1. The number of hydrogen-bond donors (Lipinski definition) is 0. The molecule has 0 aromatic rings. The van der Waals surface area contributed by atoms with Gasteiger partial charge >= 0.3 is 0 Å². The van der Waals surface area contributed by atoms with Crippen molar-refractivity contribution in [2.45, 2.75) is 20.8 Å². The molecule has 0 rings (SSSR count). The number of ether oxygens (including phenoxy) is 1. The van der Waals surface area contributed by atoms with E-state index in [-0.39, 0.29) is 5.41 Å². The van der Waals surface area contributed by atoms with Crippen LogP contribution < -0.4 is 0 Å². The van der Waals surface area contributed by atoms with Crippen molar-refractivity contribution < 1.29 is 4.74 Å². The van der Waals surface area contributed by atoms with Crippen LogP contribution in [0.15, 0.2) is 12.2 Å². The van der Waals surface area contributed by atoms with Crippen molar-refractivity contribution in [3.05, 3.63) is 12.2 Å². The first-order valence-electron chi connectivity index (χ1n) is 3.25. The van der Waals surface area contributed by atoms with Gasteiger partial charge in [0, 0.05) is 12.5 Å². The maximum absolute atomic E-state index is 5.01. The summed E-state index contributed by atoms with van der Waals surface area (Å²) in [4.78, 5) is 0. The summed E-state index contributed by atoms with van der Waals surface area (Å²) in [6, 6.07) is 0. The summed E-state index contributed by atoms with van der Waals surface area (Å²) in [5.41, 5.74) is 0.198. The molecule has 0 radical (unpaired) electrons. The van der Waals surface area contributed by atoms with Gasteiger partial charge in [-0.15, -0.1) is 0 Å². The lowest BCUT2D eigenvalue weighted by atomic mass is 9.94. The van der Waals surface area contributed by atoms with E-state index in [1.165, 1.54) is 0 Å². The molecule has 0 spiro atoms. The van der Waals surface area contributed by atoms with Crippen LogP contribution >= 0.6 is 0 Å². The van der Waals surface area contributed by atoms with Crippen molar-refractivity contribution in [3.8, 4) is 0 Å². The van der Waals surface area contributed by atoms with Crippen LogP contribution in [0, 0.1) is 5.41 Å². The summed E-state index contributed by atoms with van der Waals surface area (Å²) in [5, 5.41) is 0. The fourth-order valence-electron chi connectivity index (χ4n) is 0.871. The van der Waals surface area contributed by atoms with Crippen molar-refractivity contribution in [2.24, 2.45) is 5.41 Å². The summed E-state index contributed by atoms with van der Waals surface area (Å²) in [7, 11) is 1.73. The summed E-state index contributed by atoms with van der Waals surface area (Å²) in [5.74, 6) is 0. The molecule has 0 aliphatic heterocycles. The number of methoxy groups -OCH3 is 1. The molecule has 1 heteroatoms. The van der Waals surface area contributed by atoms with Gasteiger partial charge in [-0.3, -0.25) is 0 Å². The molecule has 0 N–H and O–H groups in total. The molecule has 0 heterocycles. The van der Waals surface area contributed by atoms with E-state index in [1.54, 1.807) is 7.11 Å².